The Hall–Kier alpha value is -0.820. The number of nitrogen functional groups attached to an aromatic ring is 1. The van der Waals surface area contributed by atoms with Crippen molar-refractivity contribution in [3.05, 3.63) is 0 Å². The molecule has 0 radical (unpaired) electrons. The first kappa shape index (κ1) is 11.3. The highest BCUT2D eigenvalue weighted by atomic mass is 32.2. The summed E-state index contributed by atoms with van der Waals surface area (Å²) in [5.74, 6) is 0.0700. The molecule has 7 heteroatoms. The summed E-state index contributed by atoms with van der Waals surface area (Å²) in [6, 6.07) is 0.148. The van der Waals surface area contributed by atoms with Crippen molar-refractivity contribution in [3.63, 3.8) is 0 Å². The second kappa shape index (κ2) is 3.74. The molecular formula is C7H13N3O2S2. The van der Waals surface area contributed by atoms with E-state index in [0.717, 1.165) is 17.8 Å². The molecule has 0 aliphatic rings. The lowest BCUT2D eigenvalue weighted by atomic mass is 10.4. The maximum atomic E-state index is 11.4. The molecule has 1 rings (SSSR count). The smallest absolute Gasteiger partial charge is 0.182 e. The van der Waals surface area contributed by atoms with Gasteiger partial charge in [-0.3, -0.25) is 0 Å². The second-order valence-corrected chi connectivity index (χ2v) is 6.02. The van der Waals surface area contributed by atoms with E-state index in [9.17, 15) is 8.42 Å². The number of hydrogen-bond acceptors (Lipinski definition) is 6. The Morgan fingerprint density at radius 1 is 1.50 bits per heavy atom. The van der Waals surface area contributed by atoms with Gasteiger partial charge in [0, 0.05) is 12.3 Å². The molecule has 1 aromatic rings. The number of nitrogens with two attached hydrogens (primary N) is 1. The Bertz CT molecular complexity index is 422. The van der Waals surface area contributed by atoms with Gasteiger partial charge in [0.05, 0.1) is 0 Å². The standard InChI is InChI=1S/C7H13N3O2S2/c1-4(2)9-7-5(14(3,11)12)6(8)10-13-7/h4,9H,1-3H3,(H2,8,10). The van der Waals surface area contributed by atoms with E-state index in [-0.39, 0.29) is 16.8 Å². The van der Waals surface area contributed by atoms with Gasteiger partial charge in [-0.1, -0.05) is 0 Å². The van der Waals surface area contributed by atoms with Crippen LogP contribution in [0, 0.1) is 0 Å². The maximum absolute atomic E-state index is 11.4. The average Bonchev–Trinajstić information content (AvgIpc) is 2.28. The predicted octanol–water partition coefficient (Wildman–Crippen LogP) is 0.949. The summed E-state index contributed by atoms with van der Waals surface area (Å²) in [5, 5.41) is 3.51. The van der Waals surface area contributed by atoms with E-state index in [0.29, 0.717) is 5.00 Å². The normalized spacial score (nSPS) is 12.0. The highest BCUT2D eigenvalue weighted by molar-refractivity contribution is 7.91. The molecule has 1 aromatic heterocycles. The topological polar surface area (TPSA) is 85.1 Å². The molecule has 0 bridgehead atoms. The first-order valence-corrected chi connectivity index (χ1v) is 6.70. The zero-order valence-corrected chi connectivity index (χ0v) is 9.87. The van der Waals surface area contributed by atoms with Crippen LogP contribution in [-0.2, 0) is 9.84 Å². The molecular weight excluding hydrogens is 222 g/mol. The quantitative estimate of drug-likeness (QED) is 0.814. The first-order valence-electron chi connectivity index (χ1n) is 4.04. The van der Waals surface area contributed by atoms with Gasteiger partial charge >= 0.3 is 0 Å². The lowest BCUT2D eigenvalue weighted by Crippen LogP contribution is -2.11. The minimum atomic E-state index is -3.31. The van der Waals surface area contributed by atoms with Crippen molar-refractivity contribution < 1.29 is 8.42 Å². The largest absolute Gasteiger partial charge is 0.382 e. The fraction of sp³-hybridized carbons (Fsp3) is 0.571. The van der Waals surface area contributed by atoms with Gasteiger partial charge in [0.15, 0.2) is 15.7 Å². The summed E-state index contributed by atoms with van der Waals surface area (Å²) in [4.78, 5) is 0.108. The molecule has 0 spiro atoms. The fourth-order valence-electron chi connectivity index (χ4n) is 1.01. The molecule has 3 N–H and O–H groups in total. The molecule has 80 valence electrons. The van der Waals surface area contributed by atoms with E-state index in [4.69, 9.17) is 5.73 Å². The molecule has 14 heavy (non-hydrogen) atoms. The van der Waals surface area contributed by atoms with Crippen LogP contribution in [0.4, 0.5) is 10.8 Å². The average molecular weight is 235 g/mol. The number of nitrogens with one attached hydrogen (secondary N) is 1. The van der Waals surface area contributed by atoms with Gasteiger partial charge in [-0.2, -0.15) is 4.37 Å². The van der Waals surface area contributed by atoms with Gasteiger partial charge in [0.1, 0.15) is 9.90 Å². The number of aromatic nitrogens is 1. The lowest BCUT2D eigenvalue weighted by Gasteiger charge is -2.08. The van der Waals surface area contributed by atoms with Crippen LogP contribution < -0.4 is 11.1 Å². The molecule has 0 amide bonds. The van der Waals surface area contributed by atoms with E-state index in [1.165, 1.54) is 0 Å². The van der Waals surface area contributed by atoms with Crippen molar-refractivity contribution in [2.75, 3.05) is 17.3 Å². The number of nitrogens with zero attached hydrogens (tertiary/aromatic N) is 1. The third-order valence-electron chi connectivity index (χ3n) is 1.46. The predicted molar refractivity (Wildman–Crippen MR) is 58.4 cm³/mol. The zero-order valence-electron chi connectivity index (χ0n) is 8.23. The van der Waals surface area contributed by atoms with Crippen molar-refractivity contribution in [1.29, 1.82) is 0 Å². The molecule has 1 heterocycles. The van der Waals surface area contributed by atoms with Gasteiger partial charge in [-0.15, -0.1) is 0 Å². The number of sulfone groups is 1. The number of hydrogen-bond donors (Lipinski definition) is 2. The SMILES string of the molecule is CC(C)Nc1snc(N)c1S(C)(=O)=O. The Morgan fingerprint density at radius 3 is 2.50 bits per heavy atom. The van der Waals surface area contributed by atoms with E-state index in [1.54, 1.807) is 0 Å². The van der Waals surface area contributed by atoms with Crippen molar-refractivity contribution >= 4 is 32.2 Å². The Kier molecular flexibility index (Phi) is 3.01. The Labute approximate surface area is 87.4 Å². The van der Waals surface area contributed by atoms with Crippen LogP contribution in [0.5, 0.6) is 0 Å². The van der Waals surface area contributed by atoms with Gasteiger partial charge < -0.3 is 11.1 Å². The van der Waals surface area contributed by atoms with E-state index < -0.39 is 9.84 Å². The number of rotatable bonds is 3. The van der Waals surface area contributed by atoms with E-state index >= 15 is 0 Å². The Balaban J connectivity index is 3.20. The summed E-state index contributed by atoms with van der Waals surface area (Å²) < 4.78 is 26.5. The lowest BCUT2D eigenvalue weighted by molar-refractivity contribution is 0.602. The van der Waals surface area contributed by atoms with Gasteiger partial charge in [0.2, 0.25) is 0 Å². The highest BCUT2D eigenvalue weighted by Gasteiger charge is 2.21. The molecule has 0 saturated carbocycles. The summed E-state index contributed by atoms with van der Waals surface area (Å²) >= 11 is 1.07. The van der Waals surface area contributed by atoms with Crippen molar-refractivity contribution in [2.24, 2.45) is 0 Å². The molecule has 0 fully saturated rings. The van der Waals surface area contributed by atoms with Crippen molar-refractivity contribution in [1.82, 2.24) is 4.37 Å². The van der Waals surface area contributed by atoms with Crippen LogP contribution >= 0.6 is 11.5 Å². The van der Waals surface area contributed by atoms with Crippen molar-refractivity contribution in [3.8, 4) is 0 Å². The van der Waals surface area contributed by atoms with Gasteiger partial charge in [-0.25, -0.2) is 8.42 Å². The summed E-state index contributed by atoms with van der Waals surface area (Å²) in [5.41, 5.74) is 5.48. The molecule has 0 aliphatic carbocycles. The minimum absolute atomic E-state index is 0.0700. The highest BCUT2D eigenvalue weighted by Crippen LogP contribution is 2.31. The second-order valence-electron chi connectivity index (χ2n) is 3.30. The molecule has 5 nitrogen and oxygen atoms in total. The fourth-order valence-corrected chi connectivity index (χ4v) is 3.21. The molecule has 0 atom stereocenters. The van der Waals surface area contributed by atoms with Gasteiger partial charge in [0.25, 0.3) is 0 Å². The van der Waals surface area contributed by atoms with Crippen LogP contribution in [0.2, 0.25) is 0 Å². The third-order valence-corrected chi connectivity index (χ3v) is 3.54. The van der Waals surface area contributed by atoms with Crippen LogP contribution in [0.25, 0.3) is 0 Å². The maximum Gasteiger partial charge on any atom is 0.182 e. The Morgan fingerprint density at radius 2 is 2.07 bits per heavy atom. The van der Waals surface area contributed by atoms with E-state index in [2.05, 4.69) is 9.69 Å². The number of anilines is 2. The van der Waals surface area contributed by atoms with E-state index in [1.807, 2.05) is 13.8 Å². The summed E-state index contributed by atoms with van der Waals surface area (Å²) in [7, 11) is -3.31. The van der Waals surface area contributed by atoms with Crippen LogP contribution in [0.15, 0.2) is 4.90 Å². The summed E-state index contributed by atoms with van der Waals surface area (Å²) in [6.07, 6.45) is 1.12. The van der Waals surface area contributed by atoms with Crippen LogP contribution in [0.3, 0.4) is 0 Å². The zero-order chi connectivity index (χ0) is 10.9. The van der Waals surface area contributed by atoms with Crippen molar-refractivity contribution in [2.45, 2.75) is 24.8 Å². The molecule has 0 aromatic carbocycles. The molecule has 0 aliphatic heterocycles. The first-order chi connectivity index (χ1) is 6.32. The van der Waals surface area contributed by atoms with Crippen LogP contribution in [-0.4, -0.2) is 25.1 Å². The van der Waals surface area contributed by atoms with Gasteiger partial charge in [-0.05, 0) is 25.4 Å². The minimum Gasteiger partial charge on any atom is -0.382 e. The molecule has 0 saturated heterocycles. The summed E-state index contributed by atoms with van der Waals surface area (Å²) in [6.45, 7) is 3.84. The molecule has 0 unspecified atom stereocenters. The monoisotopic (exact) mass is 235 g/mol. The third kappa shape index (κ3) is 2.36. The van der Waals surface area contributed by atoms with Crippen LogP contribution in [0.1, 0.15) is 13.8 Å².